The fraction of sp³-hybridized carbons (Fsp3) is 0.818. The van der Waals surface area contributed by atoms with Gasteiger partial charge in [0.2, 0.25) is 0 Å². The minimum Gasteiger partial charge on any atom is -0.396 e. The summed E-state index contributed by atoms with van der Waals surface area (Å²) < 4.78 is 6.77. The van der Waals surface area contributed by atoms with Gasteiger partial charge in [0.1, 0.15) is 0 Å². The molecule has 0 bridgehead atoms. The molecular formula is C11H22N4O2. The molecule has 1 heterocycles. The smallest absolute Gasteiger partial charge is 0.0964 e. The number of methoxy groups -OCH3 is 1. The molecule has 17 heavy (non-hydrogen) atoms. The van der Waals surface area contributed by atoms with Crippen molar-refractivity contribution in [1.29, 1.82) is 0 Å². The summed E-state index contributed by atoms with van der Waals surface area (Å²) in [5.41, 5.74) is 0.923. The molecule has 98 valence electrons. The Bertz CT molecular complexity index is 303. The van der Waals surface area contributed by atoms with Crippen LogP contribution in [0.4, 0.5) is 0 Å². The second kappa shape index (κ2) is 8.16. The van der Waals surface area contributed by atoms with E-state index in [0.29, 0.717) is 25.6 Å². The van der Waals surface area contributed by atoms with Crippen molar-refractivity contribution in [2.45, 2.75) is 38.9 Å². The topological polar surface area (TPSA) is 72.2 Å². The molecular weight excluding hydrogens is 220 g/mol. The Morgan fingerprint density at radius 2 is 2.41 bits per heavy atom. The van der Waals surface area contributed by atoms with Gasteiger partial charge in [-0.3, -0.25) is 4.68 Å². The molecule has 0 spiro atoms. The molecule has 0 fully saturated rings. The Morgan fingerprint density at radius 3 is 3.12 bits per heavy atom. The second-order valence-corrected chi connectivity index (χ2v) is 4.11. The number of nitrogens with zero attached hydrogens (tertiary/aromatic N) is 3. The summed E-state index contributed by atoms with van der Waals surface area (Å²) in [5, 5.41) is 20.1. The first kappa shape index (κ1) is 14.1. The van der Waals surface area contributed by atoms with Crippen LogP contribution < -0.4 is 5.32 Å². The van der Waals surface area contributed by atoms with Crippen LogP contribution in [0, 0.1) is 0 Å². The summed E-state index contributed by atoms with van der Waals surface area (Å²) in [6, 6.07) is 0.401. The van der Waals surface area contributed by atoms with Crippen LogP contribution in [-0.4, -0.2) is 46.5 Å². The van der Waals surface area contributed by atoms with Gasteiger partial charge in [0.05, 0.1) is 5.69 Å². The van der Waals surface area contributed by atoms with E-state index in [1.165, 1.54) is 0 Å². The van der Waals surface area contributed by atoms with Crippen LogP contribution in [0.5, 0.6) is 0 Å². The molecule has 1 atom stereocenters. The Hall–Kier alpha value is -0.980. The van der Waals surface area contributed by atoms with Crippen LogP contribution in [0.1, 0.15) is 25.5 Å². The molecule has 0 aliphatic carbocycles. The van der Waals surface area contributed by atoms with E-state index in [1.54, 1.807) is 11.8 Å². The summed E-state index contributed by atoms with van der Waals surface area (Å²) in [5.74, 6) is 0. The second-order valence-electron chi connectivity index (χ2n) is 4.11. The molecule has 1 aromatic rings. The minimum atomic E-state index is 0.182. The van der Waals surface area contributed by atoms with Gasteiger partial charge in [-0.25, -0.2) is 0 Å². The number of nitrogens with one attached hydrogen (secondary N) is 1. The Balaban J connectivity index is 2.24. The van der Waals surface area contributed by atoms with Crippen LogP contribution in [0.25, 0.3) is 0 Å². The minimum absolute atomic E-state index is 0.182. The Morgan fingerprint density at radius 1 is 1.59 bits per heavy atom. The number of hydrogen-bond acceptors (Lipinski definition) is 5. The molecule has 2 N–H and O–H groups in total. The monoisotopic (exact) mass is 242 g/mol. The van der Waals surface area contributed by atoms with Gasteiger partial charge in [0.15, 0.2) is 0 Å². The third-order valence-electron chi connectivity index (χ3n) is 2.52. The lowest BCUT2D eigenvalue weighted by Crippen LogP contribution is -2.26. The van der Waals surface area contributed by atoms with Gasteiger partial charge < -0.3 is 15.2 Å². The highest BCUT2D eigenvalue weighted by Gasteiger charge is 2.04. The highest BCUT2D eigenvalue weighted by molar-refractivity contribution is 4.91. The van der Waals surface area contributed by atoms with Gasteiger partial charge in [-0.1, -0.05) is 5.21 Å². The van der Waals surface area contributed by atoms with E-state index >= 15 is 0 Å². The molecule has 6 heteroatoms. The molecule has 0 saturated carbocycles. The fourth-order valence-corrected chi connectivity index (χ4v) is 1.44. The molecule has 1 unspecified atom stereocenters. The summed E-state index contributed by atoms with van der Waals surface area (Å²) >= 11 is 0. The summed E-state index contributed by atoms with van der Waals surface area (Å²) in [7, 11) is 1.71. The van der Waals surface area contributed by atoms with Gasteiger partial charge in [0, 0.05) is 45.7 Å². The van der Waals surface area contributed by atoms with Gasteiger partial charge >= 0.3 is 0 Å². The number of aromatic nitrogens is 3. The summed E-state index contributed by atoms with van der Waals surface area (Å²) in [4.78, 5) is 0. The molecule has 0 aliphatic rings. The maximum atomic E-state index is 8.71. The third-order valence-corrected chi connectivity index (χ3v) is 2.52. The van der Waals surface area contributed by atoms with Crippen LogP contribution in [0.2, 0.25) is 0 Å². The normalized spacial score (nSPS) is 12.9. The van der Waals surface area contributed by atoms with E-state index in [1.807, 2.05) is 6.20 Å². The first-order valence-electron chi connectivity index (χ1n) is 5.98. The van der Waals surface area contributed by atoms with Crippen molar-refractivity contribution in [2.75, 3.05) is 20.3 Å². The van der Waals surface area contributed by atoms with Crippen molar-refractivity contribution in [3.63, 3.8) is 0 Å². The first-order valence-corrected chi connectivity index (χ1v) is 5.98. The zero-order valence-electron chi connectivity index (χ0n) is 10.6. The zero-order valence-corrected chi connectivity index (χ0v) is 10.6. The van der Waals surface area contributed by atoms with Crippen molar-refractivity contribution < 1.29 is 9.84 Å². The molecule has 0 saturated heterocycles. The Labute approximate surface area is 102 Å². The Kier molecular flexibility index (Phi) is 6.76. The molecule has 0 radical (unpaired) electrons. The van der Waals surface area contributed by atoms with Gasteiger partial charge in [0.25, 0.3) is 0 Å². The predicted octanol–water partition coefficient (Wildman–Crippen LogP) is 0.175. The molecule has 0 aliphatic heterocycles. The van der Waals surface area contributed by atoms with Crippen molar-refractivity contribution in [2.24, 2.45) is 0 Å². The first-order chi connectivity index (χ1) is 8.26. The number of aryl methyl sites for hydroxylation is 1. The van der Waals surface area contributed by atoms with Gasteiger partial charge in [-0.2, -0.15) is 0 Å². The van der Waals surface area contributed by atoms with E-state index in [2.05, 4.69) is 22.6 Å². The van der Waals surface area contributed by atoms with Crippen molar-refractivity contribution in [3.05, 3.63) is 11.9 Å². The van der Waals surface area contributed by atoms with E-state index in [-0.39, 0.29) is 6.61 Å². The highest BCUT2D eigenvalue weighted by atomic mass is 16.5. The van der Waals surface area contributed by atoms with E-state index in [4.69, 9.17) is 9.84 Å². The lowest BCUT2D eigenvalue weighted by molar-refractivity contribution is 0.184. The van der Waals surface area contributed by atoms with Crippen LogP contribution in [-0.2, 0) is 17.8 Å². The molecule has 0 aromatic carbocycles. The summed E-state index contributed by atoms with van der Waals surface area (Å²) in [6.07, 6.45) is 3.60. The number of ether oxygens (including phenoxy) is 1. The maximum absolute atomic E-state index is 8.71. The fourth-order valence-electron chi connectivity index (χ4n) is 1.44. The van der Waals surface area contributed by atoms with Crippen LogP contribution >= 0.6 is 0 Å². The van der Waals surface area contributed by atoms with Crippen molar-refractivity contribution >= 4 is 0 Å². The number of hydrogen-bond donors (Lipinski definition) is 2. The van der Waals surface area contributed by atoms with Gasteiger partial charge in [-0.05, 0) is 19.8 Å². The number of aliphatic hydroxyl groups excluding tert-OH is 1. The zero-order chi connectivity index (χ0) is 12.5. The SMILES string of the molecule is COCCC(C)NCc1cn(CCCO)nn1. The number of rotatable bonds is 9. The van der Waals surface area contributed by atoms with Crippen molar-refractivity contribution in [3.8, 4) is 0 Å². The average Bonchev–Trinajstić information content (AvgIpc) is 2.79. The largest absolute Gasteiger partial charge is 0.396 e. The lowest BCUT2D eigenvalue weighted by atomic mass is 10.2. The van der Waals surface area contributed by atoms with Crippen molar-refractivity contribution in [1.82, 2.24) is 20.3 Å². The highest BCUT2D eigenvalue weighted by Crippen LogP contribution is 1.97. The quantitative estimate of drug-likeness (QED) is 0.646. The maximum Gasteiger partial charge on any atom is 0.0964 e. The van der Waals surface area contributed by atoms with E-state index in [0.717, 1.165) is 18.7 Å². The summed E-state index contributed by atoms with van der Waals surface area (Å²) in [6.45, 7) is 4.49. The van der Waals surface area contributed by atoms with Crippen LogP contribution in [0.3, 0.4) is 0 Å². The van der Waals surface area contributed by atoms with E-state index < -0.39 is 0 Å². The average molecular weight is 242 g/mol. The molecule has 0 amide bonds. The lowest BCUT2D eigenvalue weighted by Gasteiger charge is -2.11. The molecule has 1 rings (SSSR count). The molecule has 6 nitrogen and oxygen atoms in total. The van der Waals surface area contributed by atoms with E-state index in [9.17, 15) is 0 Å². The number of aliphatic hydroxyl groups is 1. The standard InChI is InChI=1S/C11H22N4O2/c1-10(4-7-17-2)12-8-11-9-15(14-13-11)5-3-6-16/h9-10,12,16H,3-8H2,1-2H3. The third kappa shape index (κ3) is 5.76. The predicted molar refractivity (Wildman–Crippen MR) is 64.5 cm³/mol. The van der Waals surface area contributed by atoms with Gasteiger partial charge in [-0.15, -0.1) is 5.10 Å². The van der Waals surface area contributed by atoms with Crippen LogP contribution in [0.15, 0.2) is 6.20 Å². The molecule has 1 aromatic heterocycles.